The average Bonchev–Trinajstić information content (AvgIpc) is 1.46. The molecule has 1 amide bonds. The van der Waals surface area contributed by atoms with E-state index in [0.717, 1.165) is 0 Å². The Bertz CT molecular complexity index is 7040. The smallest absolute Gasteiger partial charge is 0.229 e. The third-order valence-electron chi connectivity index (χ3n) is 26.7. The van der Waals surface area contributed by atoms with Gasteiger partial charge in [-0.3, -0.25) is 4.79 Å². The van der Waals surface area contributed by atoms with Crippen LogP contribution in [0.2, 0.25) is 0 Å². The maximum Gasteiger partial charge on any atom is 0.229 e. The van der Waals surface area contributed by atoms with Gasteiger partial charge < -0.3 is 5.32 Å². The lowest BCUT2D eigenvalue weighted by Gasteiger charge is -2.32. The zero-order valence-electron chi connectivity index (χ0n) is 39.5. The molecule has 34 rings (SSSR count). The molecule has 0 saturated heterocycles. The number of benzene rings is 19. The lowest BCUT2D eigenvalue weighted by Crippen LogP contribution is -2.48. The molecule has 5 aliphatic carbocycles. The molecule has 0 atom stereocenters. The molecule has 75 heavy (non-hydrogen) atoms. The van der Waals surface area contributed by atoms with Crippen molar-refractivity contribution >= 4 is 297 Å². The van der Waals surface area contributed by atoms with E-state index in [9.17, 15) is 0 Å². The van der Waals surface area contributed by atoms with Gasteiger partial charge in [0.05, 0.1) is 16.2 Å². The van der Waals surface area contributed by atoms with Crippen molar-refractivity contribution in [2.45, 2.75) is 43.6 Å². The average molecular weight is 924 g/mol. The number of hydrogen-bond donors (Lipinski definition) is 1. The number of carbonyl (C=O) groups excluding carboxylic acids is 1. The van der Waals surface area contributed by atoms with E-state index in [1.807, 2.05) is 0 Å². The fraction of sp³-hybridized carbons (Fsp3) is 0.110. The SMILES string of the molecule is CC(C)(C)NC(=O)C1(Cc2ccccc2)C23c4c5c6c7c8c9c(c%10c%11c2c2c4c4c%12c5c5c6c6c8c8c%13c9c9c%10c%10c%11c%11c2c2c4c4c%12c%12c5c5c6c8c6c8c%13c9c9c%10c%10c%11c2c2c4c4c%12c5c6c5c8c9c%10c2c45)C713. The molecule has 0 aliphatic heterocycles. The van der Waals surface area contributed by atoms with Gasteiger partial charge in [0.1, 0.15) is 0 Å². The van der Waals surface area contributed by atoms with E-state index in [-0.39, 0.29) is 5.91 Å². The molecule has 2 heteroatoms. The van der Waals surface area contributed by atoms with Crippen molar-refractivity contribution in [2.75, 3.05) is 0 Å². The fourth-order valence-corrected chi connectivity index (χ4v) is 26.8. The van der Waals surface area contributed by atoms with Crippen molar-refractivity contribution in [3.8, 4) is 0 Å². The Balaban J connectivity index is 1.11. The minimum Gasteiger partial charge on any atom is -0.351 e. The van der Waals surface area contributed by atoms with Crippen molar-refractivity contribution in [3.63, 3.8) is 0 Å². The minimum absolute atomic E-state index is 0.272. The molecule has 0 radical (unpaired) electrons. The second-order valence-corrected chi connectivity index (χ2v) is 28.5. The van der Waals surface area contributed by atoms with E-state index < -0.39 is 21.8 Å². The fourth-order valence-electron chi connectivity index (χ4n) is 26.8. The molecule has 0 unspecified atom stereocenters. The van der Waals surface area contributed by atoms with Gasteiger partial charge in [-0.1, -0.05) is 30.3 Å². The lowest BCUT2D eigenvalue weighted by atomic mass is 9.68. The highest BCUT2D eigenvalue weighted by Crippen LogP contribution is 2.96. The van der Waals surface area contributed by atoms with Gasteiger partial charge in [-0.05, 0) is 346 Å². The normalized spacial score (nSPS) is 23.7. The van der Waals surface area contributed by atoms with Crippen molar-refractivity contribution in [1.29, 1.82) is 0 Å². The van der Waals surface area contributed by atoms with Gasteiger partial charge in [-0.25, -0.2) is 0 Å². The van der Waals surface area contributed by atoms with E-state index in [1.165, 1.54) is 5.56 Å². The molecule has 1 N–H and O–H groups in total. The summed E-state index contributed by atoms with van der Waals surface area (Å²) in [5.41, 5.74) is 5.15. The number of rotatable bonds is 3. The van der Waals surface area contributed by atoms with E-state index in [1.54, 1.807) is 313 Å². The molecular formula is C73H17NO. The third kappa shape index (κ3) is 1.59. The molecule has 0 bridgehead atoms. The third-order valence-corrected chi connectivity index (χ3v) is 26.7. The van der Waals surface area contributed by atoms with Crippen LogP contribution in [0.1, 0.15) is 48.6 Å². The minimum atomic E-state index is -0.835. The van der Waals surface area contributed by atoms with Gasteiger partial charge in [-0.15, -0.1) is 0 Å². The second-order valence-electron chi connectivity index (χ2n) is 28.5. The molecule has 1 saturated carbocycles. The molecule has 1 fully saturated rings. The molecule has 5 aliphatic rings. The first-order valence-corrected chi connectivity index (χ1v) is 28.1. The maximum absolute atomic E-state index is 17.5. The number of nitrogens with one attached hydrogen (secondary N) is 1. The Kier molecular flexibility index (Phi) is 2.55. The highest BCUT2D eigenvalue weighted by Gasteiger charge is 2.96. The molecule has 2 spiro atoms. The number of hydrogen-bond acceptors (Lipinski definition) is 1. The Labute approximate surface area is 411 Å². The monoisotopic (exact) mass is 923 g/mol. The van der Waals surface area contributed by atoms with Gasteiger partial charge in [0.2, 0.25) is 5.91 Å². The van der Waals surface area contributed by atoms with Crippen molar-refractivity contribution < 1.29 is 4.79 Å². The van der Waals surface area contributed by atoms with Crippen molar-refractivity contribution in [3.05, 3.63) is 58.1 Å². The van der Waals surface area contributed by atoms with Gasteiger partial charge in [-0.2, -0.15) is 0 Å². The van der Waals surface area contributed by atoms with Gasteiger partial charge in [0.25, 0.3) is 0 Å². The van der Waals surface area contributed by atoms with Crippen LogP contribution in [0, 0.1) is 5.41 Å². The van der Waals surface area contributed by atoms with Crippen molar-refractivity contribution in [1.82, 2.24) is 5.32 Å². The lowest BCUT2D eigenvalue weighted by molar-refractivity contribution is -0.128. The van der Waals surface area contributed by atoms with Gasteiger partial charge in [0.15, 0.2) is 0 Å². The van der Waals surface area contributed by atoms with Gasteiger partial charge in [0, 0.05) is 5.54 Å². The van der Waals surface area contributed by atoms with Crippen LogP contribution in [0.15, 0.2) is 30.3 Å². The molecule has 0 heterocycles. The Morgan fingerprint density at radius 3 is 0.640 bits per heavy atom. The summed E-state index contributed by atoms with van der Waals surface area (Å²) in [6, 6.07) is 11.4. The summed E-state index contributed by atoms with van der Waals surface area (Å²) < 4.78 is 0. The molecule has 320 valence electrons. The molecule has 2 nitrogen and oxygen atoms in total. The maximum atomic E-state index is 17.5. The molecule has 0 aromatic heterocycles. The largest absolute Gasteiger partial charge is 0.351 e. The first kappa shape index (κ1) is 29.1. The van der Waals surface area contributed by atoms with Gasteiger partial charge >= 0.3 is 0 Å². The summed E-state index contributed by atoms with van der Waals surface area (Å²) in [6.45, 7) is 6.74. The summed E-state index contributed by atoms with van der Waals surface area (Å²) in [5, 5.41) is 90.2. The van der Waals surface area contributed by atoms with E-state index in [4.69, 9.17) is 0 Å². The van der Waals surface area contributed by atoms with Crippen LogP contribution in [0.3, 0.4) is 0 Å². The van der Waals surface area contributed by atoms with Crippen LogP contribution >= 0.6 is 0 Å². The Morgan fingerprint density at radius 2 is 0.467 bits per heavy atom. The van der Waals surface area contributed by atoms with E-state index in [0.29, 0.717) is 6.42 Å². The number of amides is 1. The van der Waals surface area contributed by atoms with Crippen LogP contribution in [0.25, 0.3) is 291 Å². The summed E-state index contributed by atoms with van der Waals surface area (Å²) in [5.74, 6) is 0.272. The van der Waals surface area contributed by atoms with E-state index >= 15 is 4.79 Å². The zero-order valence-corrected chi connectivity index (χ0v) is 39.5. The first-order valence-electron chi connectivity index (χ1n) is 28.1. The molecular weight excluding hydrogens is 907 g/mol. The standard InChI is InChI=1S/C73H17NO/c1-70(2,3)74-69(75)71(9-10-7-5-4-6-8-10)72-65-57-49-39-29-21-13-11-12-15-19-17(13)25-33-27(19)37-31-23(15)24-16(12)20-18-14(11)22(21)30-36-26(18)34-28(20)38-32(24)42-41(31)51-45(37)55-47(33)53(43(49)35(25)29)61(65)63(55)67-59(51)60-52(42)46(38)56-48(34)54-44(36)50(40(30)39)58(57)66(72)62(54)64(56)68(60)73(67,71)72/h4-8H,9H2,1-3H3,(H,74,75). The highest BCUT2D eigenvalue weighted by atomic mass is 16.2. The summed E-state index contributed by atoms with van der Waals surface area (Å²) >= 11 is 0. The summed E-state index contributed by atoms with van der Waals surface area (Å²) in [4.78, 5) is 17.5. The predicted molar refractivity (Wildman–Crippen MR) is 314 cm³/mol. The predicted octanol–water partition coefficient (Wildman–Crippen LogP) is 18.5. The first-order chi connectivity index (χ1) is 36.9. The summed E-state index contributed by atoms with van der Waals surface area (Å²) in [6.07, 6.45) is 0.702. The second kappa shape index (κ2) is 6.56. The van der Waals surface area contributed by atoms with Crippen LogP contribution in [0.5, 0.6) is 0 Å². The van der Waals surface area contributed by atoms with E-state index in [2.05, 4.69) is 56.4 Å². The molecule has 29 aromatic carbocycles. The van der Waals surface area contributed by atoms with Crippen molar-refractivity contribution in [2.24, 2.45) is 5.41 Å². The zero-order chi connectivity index (χ0) is 45.6. The number of carbonyl (C=O) groups is 1. The van der Waals surface area contributed by atoms with Crippen LogP contribution in [0.4, 0.5) is 0 Å². The summed E-state index contributed by atoms with van der Waals surface area (Å²) in [7, 11) is 0. The topological polar surface area (TPSA) is 29.1 Å². The molecule has 29 aromatic rings. The Morgan fingerprint density at radius 1 is 0.293 bits per heavy atom. The quantitative estimate of drug-likeness (QED) is 0.176. The van der Waals surface area contributed by atoms with Crippen LogP contribution in [-0.2, 0) is 22.0 Å². The highest BCUT2D eigenvalue weighted by molar-refractivity contribution is 6.82. The van der Waals surface area contributed by atoms with Crippen LogP contribution in [-0.4, -0.2) is 11.4 Å². The van der Waals surface area contributed by atoms with Crippen LogP contribution < -0.4 is 5.32 Å². The Hall–Kier alpha value is -8.85.